The van der Waals surface area contributed by atoms with Gasteiger partial charge in [-0.2, -0.15) is 0 Å². The van der Waals surface area contributed by atoms with Gasteiger partial charge in [0.05, 0.1) is 37.8 Å². The van der Waals surface area contributed by atoms with E-state index in [1.54, 1.807) is 18.2 Å². The Hall–Kier alpha value is -3.42. The van der Waals surface area contributed by atoms with Crippen molar-refractivity contribution in [2.45, 2.75) is 12.5 Å². The first-order chi connectivity index (χ1) is 12.5. The molecule has 1 unspecified atom stereocenters. The number of carboxylic acids is 1. The molecular weight excluding hydrogens is 340 g/mol. The maximum absolute atomic E-state index is 12.7. The van der Waals surface area contributed by atoms with E-state index < -0.39 is 30.2 Å². The molecule has 0 saturated carbocycles. The minimum Gasteiger partial charge on any atom is -0.493 e. The highest BCUT2D eigenvalue weighted by Crippen LogP contribution is 2.37. The van der Waals surface area contributed by atoms with Crippen molar-refractivity contribution in [3.63, 3.8) is 0 Å². The van der Waals surface area contributed by atoms with Crippen LogP contribution in [0.5, 0.6) is 11.5 Å². The minimum atomic E-state index is -1.14. The van der Waals surface area contributed by atoms with E-state index >= 15 is 0 Å². The fourth-order valence-electron chi connectivity index (χ4n) is 2.97. The summed E-state index contributed by atoms with van der Waals surface area (Å²) in [5.41, 5.74) is 0.821. The largest absolute Gasteiger partial charge is 0.493 e. The van der Waals surface area contributed by atoms with Gasteiger partial charge < -0.3 is 14.6 Å². The van der Waals surface area contributed by atoms with Crippen molar-refractivity contribution >= 4 is 17.8 Å². The second-order valence-electron chi connectivity index (χ2n) is 5.63. The molecule has 2 amide bonds. The first-order valence-electron chi connectivity index (χ1n) is 7.73. The standard InChI is InChI=1S/C18H16N2O6/c1-25-14-4-3-10(7-15(14)26-2)13(8-16(21)22)20-17(23)11-5-6-19-9-12(11)18(20)24/h3-7,9,13H,8H2,1-2H3,(H,21,22). The molecule has 2 aromatic rings. The number of nitrogens with zero attached hydrogens (tertiary/aromatic N) is 2. The van der Waals surface area contributed by atoms with Crippen molar-refractivity contribution in [1.82, 2.24) is 9.88 Å². The molecule has 1 N–H and O–H groups in total. The summed E-state index contributed by atoms with van der Waals surface area (Å²) in [7, 11) is 2.92. The monoisotopic (exact) mass is 356 g/mol. The number of pyridine rings is 1. The first-order valence-corrected chi connectivity index (χ1v) is 7.73. The van der Waals surface area contributed by atoms with Gasteiger partial charge in [0, 0.05) is 12.4 Å². The number of carboxylic acid groups (broad SMARTS) is 1. The second kappa shape index (κ2) is 6.83. The third kappa shape index (κ3) is 2.85. The number of ether oxygens (including phenoxy) is 2. The SMILES string of the molecule is COc1ccc(C(CC(=O)O)N2C(=O)c3ccncc3C2=O)cc1OC. The van der Waals surface area contributed by atoms with Crippen molar-refractivity contribution in [3.05, 3.63) is 53.3 Å². The summed E-state index contributed by atoms with van der Waals surface area (Å²) in [6, 6.07) is 5.23. The van der Waals surface area contributed by atoms with Gasteiger partial charge in [0.1, 0.15) is 0 Å². The van der Waals surface area contributed by atoms with E-state index in [0.29, 0.717) is 17.1 Å². The van der Waals surface area contributed by atoms with E-state index in [2.05, 4.69) is 4.98 Å². The molecule has 0 radical (unpaired) electrons. The second-order valence-corrected chi connectivity index (χ2v) is 5.63. The van der Waals surface area contributed by atoms with Gasteiger partial charge in [-0.1, -0.05) is 6.07 Å². The Bertz CT molecular complexity index is 860. The fourth-order valence-corrected chi connectivity index (χ4v) is 2.97. The number of imide groups is 1. The number of carbonyl (C=O) groups is 3. The molecule has 1 aliphatic rings. The van der Waals surface area contributed by atoms with Crippen molar-refractivity contribution in [2.24, 2.45) is 0 Å². The number of rotatable bonds is 6. The number of amides is 2. The summed E-state index contributed by atoms with van der Waals surface area (Å²) in [5.74, 6) is -1.43. The van der Waals surface area contributed by atoms with E-state index in [9.17, 15) is 19.5 Å². The van der Waals surface area contributed by atoms with Gasteiger partial charge in [0.25, 0.3) is 11.8 Å². The number of hydrogen-bond donors (Lipinski definition) is 1. The normalized spacial score (nSPS) is 14.2. The predicted molar refractivity (Wildman–Crippen MR) is 89.3 cm³/mol. The number of benzene rings is 1. The zero-order chi connectivity index (χ0) is 18.8. The molecule has 0 bridgehead atoms. The highest BCUT2D eigenvalue weighted by atomic mass is 16.5. The molecule has 0 fully saturated rings. The van der Waals surface area contributed by atoms with Gasteiger partial charge in [-0.15, -0.1) is 0 Å². The Kier molecular flexibility index (Phi) is 4.57. The van der Waals surface area contributed by atoms with E-state index in [4.69, 9.17) is 9.47 Å². The molecule has 0 spiro atoms. The molecule has 1 aromatic heterocycles. The lowest BCUT2D eigenvalue weighted by Gasteiger charge is -2.26. The van der Waals surface area contributed by atoms with Gasteiger partial charge in [-0.05, 0) is 23.8 Å². The molecule has 8 heteroatoms. The van der Waals surface area contributed by atoms with Crippen molar-refractivity contribution in [1.29, 1.82) is 0 Å². The van der Waals surface area contributed by atoms with Crippen LogP contribution >= 0.6 is 0 Å². The fraction of sp³-hybridized carbons (Fsp3) is 0.222. The molecule has 0 aliphatic carbocycles. The Morgan fingerprint density at radius 1 is 1.12 bits per heavy atom. The lowest BCUT2D eigenvalue weighted by Crippen LogP contribution is -2.35. The van der Waals surface area contributed by atoms with Crippen LogP contribution in [0.1, 0.15) is 38.7 Å². The number of fused-ring (bicyclic) bond motifs is 1. The summed E-state index contributed by atoms with van der Waals surface area (Å²) in [6.07, 6.45) is 2.28. The van der Waals surface area contributed by atoms with E-state index in [1.807, 2.05) is 0 Å². The molecule has 2 heterocycles. The quantitative estimate of drug-likeness (QED) is 0.788. The van der Waals surface area contributed by atoms with Crippen molar-refractivity contribution in [3.8, 4) is 11.5 Å². The minimum absolute atomic E-state index is 0.161. The molecular formula is C18H16N2O6. The third-order valence-electron chi connectivity index (χ3n) is 4.19. The van der Waals surface area contributed by atoms with Crippen LogP contribution in [-0.4, -0.2) is 47.0 Å². The Balaban J connectivity index is 2.07. The van der Waals surface area contributed by atoms with Crippen LogP contribution in [0.2, 0.25) is 0 Å². The van der Waals surface area contributed by atoms with Gasteiger partial charge in [0.2, 0.25) is 0 Å². The third-order valence-corrected chi connectivity index (χ3v) is 4.19. The van der Waals surface area contributed by atoms with Crippen LogP contribution in [0.3, 0.4) is 0 Å². The van der Waals surface area contributed by atoms with Crippen LogP contribution in [0.25, 0.3) is 0 Å². The number of hydrogen-bond acceptors (Lipinski definition) is 6. The summed E-state index contributed by atoms with van der Waals surface area (Å²) in [6.45, 7) is 0. The first kappa shape index (κ1) is 17.4. The van der Waals surface area contributed by atoms with Crippen LogP contribution < -0.4 is 9.47 Å². The van der Waals surface area contributed by atoms with Gasteiger partial charge >= 0.3 is 5.97 Å². The lowest BCUT2D eigenvalue weighted by atomic mass is 10.0. The summed E-state index contributed by atoms with van der Waals surface area (Å²) >= 11 is 0. The molecule has 26 heavy (non-hydrogen) atoms. The van der Waals surface area contributed by atoms with Crippen LogP contribution in [0.15, 0.2) is 36.7 Å². The molecule has 1 aromatic carbocycles. The highest BCUT2D eigenvalue weighted by Gasteiger charge is 2.41. The van der Waals surface area contributed by atoms with Gasteiger partial charge in [0.15, 0.2) is 11.5 Å². The van der Waals surface area contributed by atoms with E-state index in [0.717, 1.165) is 4.90 Å². The Morgan fingerprint density at radius 2 is 1.81 bits per heavy atom. The van der Waals surface area contributed by atoms with Crippen LogP contribution in [0, 0.1) is 0 Å². The summed E-state index contributed by atoms with van der Waals surface area (Å²) in [4.78, 5) is 41.6. The highest BCUT2D eigenvalue weighted by molar-refractivity contribution is 6.21. The smallest absolute Gasteiger partial charge is 0.305 e. The molecule has 1 aliphatic heterocycles. The average Bonchev–Trinajstić information content (AvgIpc) is 2.90. The van der Waals surface area contributed by atoms with E-state index in [-0.39, 0.29) is 11.1 Å². The maximum atomic E-state index is 12.7. The predicted octanol–water partition coefficient (Wildman–Crippen LogP) is 1.91. The lowest BCUT2D eigenvalue weighted by molar-refractivity contribution is -0.138. The number of methoxy groups -OCH3 is 2. The molecule has 8 nitrogen and oxygen atoms in total. The average molecular weight is 356 g/mol. The van der Waals surface area contributed by atoms with Gasteiger partial charge in [-0.25, -0.2) is 0 Å². The van der Waals surface area contributed by atoms with E-state index in [1.165, 1.54) is 32.7 Å². The molecule has 134 valence electrons. The van der Waals surface area contributed by atoms with Crippen molar-refractivity contribution < 1.29 is 29.0 Å². The van der Waals surface area contributed by atoms with Crippen LogP contribution in [0.4, 0.5) is 0 Å². The number of aliphatic carboxylic acids is 1. The Morgan fingerprint density at radius 3 is 2.42 bits per heavy atom. The summed E-state index contributed by atoms with van der Waals surface area (Å²) in [5, 5.41) is 9.30. The number of carbonyl (C=O) groups excluding carboxylic acids is 2. The zero-order valence-electron chi connectivity index (χ0n) is 14.1. The van der Waals surface area contributed by atoms with Gasteiger partial charge in [-0.3, -0.25) is 24.3 Å². The molecule has 3 rings (SSSR count). The zero-order valence-corrected chi connectivity index (χ0v) is 14.1. The summed E-state index contributed by atoms with van der Waals surface area (Å²) < 4.78 is 10.4. The van der Waals surface area contributed by atoms with Crippen molar-refractivity contribution in [2.75, 3.05) is 14.2 Å². The Labute approximate surface area is 149 Å². The number of aromatic nitrogens is 1. The van der Waals surface area contributed by atoms with Crippen LogP contribution in [-0.2, 0) is 4.79 Å². The molecule has 1 atom stereocenters. The maximum Gasteiger partial charge on any atom is 0.305 e. The molecule has 0 saturated heterocycles. The topological polar surface area (TPSA) is 106 Å².